The summed E-state index contributed by atoms with van der Waals surface area (Å²) in [6, 6.07) is 11.7. The predicted molar refractivity (Wildman–Crippen MR) is 99.5 cm³/mol. The van der Waals surface area contributed by atoms with Crippen LogP contribution in [0.1, 0.15) is 24.8 Å². The molecule has 7 heteroatoms. The minimum absolute atomic E-state index is 0.129. The van der Waals surface area contributed by atoms with Crippen molar-refractivity contribution in [3.63, 3.8) is 0 Å². The number of benzene rings is 2. The summed E-state index contributed by atoms with van der Waals surface area (Å²) in [7, 11) is -3.41. The summed E-state index contributed by atoms with van der Waals surface area (Å²) in [4.78, 5) is 0.306. The molecule has 1 fully saturated rings. The third-order valence-corrected chi connectivity index (χ3v) is 6.64. The van der Waals surface area contributed by atoms with Gasteiger partial charge in [0.1, 0.15) is 5.75 Å². The van der Waals surface area contributed by atoms with Crippen LogP contribution < -0.4 is 5.32 Å². The third-order valence-electron chi connectivity index (χ3n) is 4.37. The second-order valence-corrected chi connectivity index (χ2v) is 8.43. The molecular weight excluding hydrogens is 360 g/mol. The quantitative estimate of drug-likeness (QED) is 0.827. The van der Waals surface area contributed by atoms with Crippen LogP contribution in [0.2, 0.25) is 5.02 Å². The second kappa shape index (κ2) is 7.64. The van der Waals surface area contributed by atoms with Crippen molar-refractivity contribution in [2.45, 2.75) is 30.7 Å². The van der Waals surface area contributed by atoms with Gasteiger partial charge >= 0.3 is 0 Å². The van der Waals surface area contributed by atoms with Crippen molar-refractivity contribution in [2.24, 2.45) is 0 Å². The molecule has 0 saturated carbocycles. The monoisotopic (exact) mass is 380 g/mol. The number of rotatable bonds is 5. The van der Waals surface area contributed by atoms with Gasteiger partial charge in [0.2, 0.25) is 10.0 Å². The molecule has 0 amide bonds. The fourth-order valence-electron chi connectivity index (χ4n) is 2.91. The Bertz CT molecular complexity index is 812. The number of sulfonamides is 1. The van der Waals surface area contributed by atoms with Gasteiger partial charge in [-0.05, 0) is 49.2 Å². The van der Waals surface area contributed by atoms with Crippen LogP contribution in [0.15, 0.2) is 47.4 Å². The molecule has 0 aliphatic carbocycles. The number of halogens is 1. The number of phenols is 1. The summed E-state index contributed by atoms with van der Waals surface area (Å²) >= 11 is 6.08. The predicted octanol–water partition coefficient (Wildman–Crippen LogP) is 3.83. The van der Waals surface area contributed by atoms with E-state index in [0.717, 1.165) is 24.9 Å². The summed E-state index contributed by atoms with van der Waals surface area (Å²) in [5.41, 5.74) is 1.37. The Labute approximate surface area is 153 Å². The minimum atomic E-state index is -3.41. The van der Waals surface area contributed by atoms with E-state index in [-0.39, 0.29) is 5.75 Å². The Balaban J connectivity index is 1.70. The molecule has 0 radical (unpaired) electrons. The molecule has 0 atom stereocenters. The van der Waals surface area contributed by atoms with E-state index in [1.165, 1.54) is 0 Å². The Morgan fingerprint density at radius 1 is 1.04 bits per heavy atom. The number of hydrogen-bond donors (Lipinski definition) is 2. The van der Waals surface area contributed by atoms with E-state index in [2.05, 4.69) is 5.32 Å². The van der Waals surface area contributed by atoms with Crippen LogP contribution in [-0.4, -0.2) is 30.9 Å². The van der Waals surface area contributed by atoms with Crippen LogP contribution in [-0.2, 0) is 16.6 Å². The normalized spacial score (nSPS) is 15.9. The van der Waals surface area contributed by atoms with Crippen LogP contribution >= 0.6 is 11.6 Å². The van der Waals surface area contributed by atoms with Gasteiger partial charge in [-0.25, -0.2) is 8.42 Å². The van der Waals surface area contributed by atoms with E-state index < -0.39 is 10.0 Å². The molecule has 1 heterocycles. The van der Waals surface area contributed by atoms with Crippen molar-refractivity contribution in [3.8, 4) is 5.75 Å². The number of nitrogens with zero attached hydrogens (tertiary/aromatic N) is 1. The van der Waals surface area contributed by atoms with Gasteiger partial charge in [-0.2, -0.15) is 4.31 Å². The van der Waals surface area contributed by atoms with E-state index in [4.69, 9.17) is 11.6 Å². The highest BCUT2D eigenvalue weighted by atomic mass is 35.5. The molecule has 5 nitrogen and oxygen atoms in total. The standard InChI is InChI=1S/C18H21ClN2O3S/c19-17-5-4-6-18(22)16(17)13-20-14-7-9-15(10-8-14)25(23,24)21-11-2-1-3-12-21/h4-10,20,22H,1-3,11-13H2. The second-order valence-electron chi connectivity index (χ2n) is 6.08. The average molecular weight is 381 g/mol. The third kappa shape index (κ3) is 4.08. The number of hydrogen-bond acceptors (Lipinski definition) is 4. The van der Waals surface area contributed by atoms with Crippen molar-refractivity contribution in [2.75, 3.05) is 18.4 Å². The van der Waals surface area contributed by atoms with E-state index >= 15 is 0 Å². The van der Waals surface area contributed by atoms with Crippen molar-refractivity contribution < 1.29 is 13.5 Å². The van der Waals surface area contributed by atoms with Gasteiger partial charge in [0.05, 0.1) is 4.90 Å². The summed E-state index contributed by atoms with van der Waals surface area (Å²) in [6.45, 7) is 1.53. The topological polar surface area (TPSA) is 69.6 Å². The molecule has 2 N–H and O–H groups in total. The first-order valence-electron chi connectivity index (χ1n) is 8.29. The highest BCUT2D eigenvalue weighted by Crippen LogP contribution is 2.27. The Morgan fingerprint density at radius 3 is 2.36 bits per heavy atom. The molecule has 1 aliphatic rings. The molecule has 1 aliphatic heterocycles. The summed E-state index contributed by atoms with van der Waals surface area (Å²) < 4.78 is 26.8. The molecule has 0 aromatic heterocycles. The summed E-state index contributed by atoms with van der Waals surface area (Å²) in [6.07, 6.45) is 2.92. The van der Waals surface area contributed by atoms with E-state index in [1.54, 1.807) is 46.8 Å². The molecule has 2 aromatic carbocycles. The van der Waals surface area contributed by atoms with Crippen molar-refractivity contribution in [1.82, 2.24) is 4.31 Å². The van der Waals surface area contributed by atoms with Gasteiger partial charge in [0.15, 0.2) is 0 Å². The zero-order valence-electron chi connectivity index (χ0n) is 13.8. The first-order chi connectivity index (χ1) is 12.0. The van der Waals surface area contributed by atoms with Gasteiger partial charge in [-0.15, -0.1) is 0 Å². The van der Waals surface area contributed by atoms with Crippen LogP contribution in [0.5, 0.6) is 5.75 Å². The molecular formula is C18H21ClN2O3S. The van der Waals surface area contributed by atoms with Crippen molar-refractivity contribution >= 4 is 27.3 Å². The van der Waals surface area contributed by atoms with Crippen LogP contribution in [0, 0.1) is 0 Å². The number of aromatic hydroxyl groups is 1. The Kier molecular flexibility index (Phi) is 5.51. The van der Waals surface area contributed by atoms with Gasteiger partial charge in [0, 0.05) is 35.9 Å². The maximum Gasteiger partial charge on any atom is 0.243 e. The first kappa shape index (κ1) is 18.0. The lowest BCUT2D eigenvalue weighted by atomic mass is 10.2. The van der Waals surface area contributed by atoms with Crippen LogP contribution in [0.25, 0.3) is 0 Å². The van der Waals surface area contributed by atoms with Crippen molar-refractivity contribution in [3.05, 3.63) is 53.1 Å². The molecule has 2 aromatic rings. The highest BCUT2D eigenvalue weighted by molar-refractivity contribution is 7.89. The molecule has 0 bridgehead atoms. The lowest BCUT2D eigenvalue weighted by Gasteiger charge is -2.25. The van der Waals surface area contributed by atoms with E-state index in [0.29, 0.717) is 35.1 Å². The van der Waals surface area contributed by atoms with Crippen LogP contribution in [0.4, 0.5) is 5.69 Å². The summed E-state index contributed by atoms with van der Waals surface area (Å²) in [5, 5.41) is 13.5. The first-order valence-corrected chi connectivity index (χ1v) is 10.1. The fourth-order valence-corrected chi connectivity index (χ4v) is 4.67. The molecule has 25 heavy (non-hydrogen) atoms. The smallest absolute Gasteiger partial charge is 0.243 e. The number of phenolic OH excluding ortho intramolecular Hbond substituents is 1. The van der Waals surface area contributed by atoms with Gasteiger partial charge in [-0.1, -0.05) is 24.1 Å². The molecule has 134 valence electrons. The van der Waals surface area contributed by atoms with Gasteiger partial charge in [-0.3, -0.25) is 0 Å². The maximum atomic E-state index is 12.6. The van der Waals surface area contributed by atoms with E-state index in [9.17, 15) is 13.5 Å². The lowest BCUT2D eigenvalue weighted by Crippen LogP contribution is -2.35. The highest BCUT2D eigenvalue weighted by Gasteiger charge is 2.25. The average Bonchev–Trinajstić information content (AvgIpc) is 2.62. The maximum absolute atomic E-state index is 12.6. The Hall–Kier alpha value is -1.76. The SMILES string of the molecule is O=S(=O)(c1ccc(NCc2c(O)cccc2Cl)cc1)N1CCCCC1. The van der Waals surface area contributed by atoms with Gasteiger partial charge < -0.3 is 10.4 Å². The number of nitrogens with one attached hydrogen (secondary N) is 1. The zero-order chi connectivity index (χ0) is 17.9. The molecule has 0 spiro atoms. The van der Waals surface area contributed by atoms with Crippen LogP contribution in [0.3, 0.4) is 0 Å². The van der Waals surface area contributed by atoms with Gasteiger partial charge in [0.25, 0.3) is 0 Å². The fraction of sp³-hybridized carbons (Fsp3) is 0.333. The molecule has 0 unspecified atom stereocenters. The lowest BCUT2D eigenvalue weighted by molar-refractivity contribution is 0.346. The molecule has 3 rings (SSSR count). The van der Waals surface area contributed by atoms with E-state index in [1.807, 2.05) is 0 Å². The molecule has 1 saturated heterocycles. The number of piperidine rings is 1. The minimum Gasteiger partial charge on any atom is -0.508 e. The number of anilines is 1. The Morgan fingerprint density at radius 2 is 1.72 bits per heavy atom. The van der Waals surface area contributed by atoms with Crippen molar-refractivity contribution in [1.29, 1.82) is 0 Å². The summed E-state index contributed by atoms with van der Waals surface area (Å²) in [5.74, 6) is 0.129. The largest absolute Gasteiger partial charge is 0.508 e. The zero-order valence-corrected chi connectivity index (χ0v) is 15.4.